The molecule has 80 valence electrons. The minimum Gasteiger partial charge on any atom is -0.325 e. The highest BCUT2D eigenvalue weighted by Gasteiger charge is 2.24. The molecule has 15 heavy (non-hydrogen) atoms. The maximum absolute atomic E-state index is 11.6. The molecule has 1 amide bonds. The lowest BCUT2D eigenvalue weighted by Gasteiger charge is -2.08. The highest BCUT2D eigenvalue weighted by atomic mass is 79.9. The molecule has 0 spiro atoms. The number of benzene rings is 1. The lowest BCUT2D eigenvalue weighted by molar-refractivity contribution is -0.116. The molecule has 1 aromatic carbocycles. The Morgan fingerprint density at radius 1 is 1.53 bits per heavy atom. The van der Waals surface area contributed by atoms with Crippen molar-refractivity contribution in [2.24, 2.45) is 5.92 Å². The molecule has 1 aliphatic rings. The Kier molecular flexibility index (Phi) is 3.10. The van der Waals surface area contributed by atoms with E-state index >= 15 is 0 Å². The normalized spacial score (nSPS) is 15.1. The van der Waals surface area contributed by atoms with Crippen LogP contribution in [0, 0.1) is 12.8 Å². The van der Waals surface area contributed by atoms with E-state index in [1.807, 2.05) is 25.1 Å². The Hall–Kier alpha value is -0.830. The number of hydrogen-bond donors (Lipinski definition) is 1. The predicted octanol–water partition coefficient (Wildman–Crippen LogP) is 3.50. The molecule has 0 radical (unpaired) electrons. The molecule has 2 nitrogen and oxygen atoms in total. The summed E-state index contributed by atoms with van der Waals surface area (Å²) in [6.45, 7) is 2.01. The van der Waals surface area contributed by atoms with Crippen LogP contribution in [0.4, 0.5) is 5.69 Å². The van der Waals surface area contributed by atoms with Crippen molar-refractivity contribution < 1.29 is 4.79 Å². The molecule has 0 aromatic heterocycles. The maximum Gasteiger partial charge on any atom is 0.224 e. The average Bonchev–Trinajstić information content (AvgIpc) is 2.97. The molecule has 1 aliphatic carbocycles. The summed E-state index contributed by atoms with van der Waals surface area (Å²) in [5, 5.41) is 2.94. The van der Waals surface area contributed by atoms with E-state index in [-0.39, 0.29) is 5.91 Å². The van der Waals surface area contributed by atoms with Crippen LogP contribution in [0.1, 0.15) is 24.8 Å². The summed E-state index contributed by atoms with van der Waals surface area (Å²) >= 11 is 3.48. The standard InChI is InChI=1S/C12H14BrNO/c1-8-3-2-4-10(12(8)13)14-11(15)7-9-5-6-9/h2-4,9H,5-7H2,1H3,(H,14,15). The summed E-state index contributed by atoms with van der Waals surface area (Å²) in [5.41, 5.74) is 2.01. The first kappa shape index (κ1) is 10.7. The molecule has 0 saturated heterocycles. The molecule has 3 heteroatoms. The van der Waals surface area contributed by atoms with Crippen molar-refractivity contribution in [3.8, 4) is 0 Å². The number of halogens is 1. The van der Waals surface area contributed by atoms with E-state index in [9.17, 15) is 4.79 Å². The third kappa shape index (κ3) is 2.81. The number of amides is 1. The van der Waals surface area contributed by atoms with Crippen LogP contribution in [0.25, 0.3) is 0 Å². The van der Waals surface area contributed by atoms with Gasteiger partial charge in [0.2, 0.25) is 5.91 Å². The topological polar surface area (TPSA) is 29.1 Å². The van der Waals surface area contributed by atoms with Crippen LogP contribution >= 0.6 is 15.9 Å². The summed E-state index contributed by atoms with van der Waals surface area (Å²) < 4.78 is 0.981. The van der Waals surface area contributed by atoms with Crippen molar-refractivity contribution in [1.29, 1.82) is 0 Å². The van der Waals surface area contributed by atoms with Crippen molar-refractivity contribution in [2.75, 3.05) is 5.32 Å². The smallest absolute Gasteiger partial charge is 0.224 e. The highest BCUT2D eigenvalue weighted by Crippen LogP contribution is 2.33. The molecule has 1 fully saturated rings. The van der Waals surface area contributed by atoms with Crippen molar-refractivity contribution in [3.05, 3.63) is 28.2 Å². The Bertz CT molecular complexity index is 385. The van der Waals surface area contributed by atoms with Gasteiger partial charge in [-0.3, -0.25) is 4.79 Å². The lowest BCUT2D eigenvalue weighted by atomic mass is 10.2. The molecule has 0 heterocycles. The zero-order valence-electron chi connectivity index (χ0n) is 8.72. The fourth-order valence-corrected chi connectivity index (χ4v) is 1.89. The van der Waals surface area contributed by atoms with Gasteiger partial charge in [-0.15, -0.1) is 0 Å². The van der Waals surface area contributed by atoms with Gasteiger partial charge in [0.05, 0.1) is 5.69 Å². The largest absolute Gasteiger partial charge is 0.325 e. The second kappa shape index (κ2) is 4.35. The van der Waals surface area contributed by atoms with Crippen LogP contribution < -0.4 is 5.32 Å². The summed E-state index contributed by atoms with van der Waals surface area (Å²) in [6.07, 6.45) is 3.09. The molecule has 0 unspecified atom stereocenters. The Labute approximate surface area is 98.2 Å². The average molecular weight is 268 g/mol. The fraction of sp³-hybridized carbons (Fsp3) is 0.417. The second-order valence-corrected chi connectivity index (χ2v) is 4.93. The summed E-state index contributed by atoms with van der Waals surface area (Å²) in [6, 6.07) is 5.88. The van der Waals surface area contributed by atoms with E-state index in [1.54, 1.807) is 0 Å². The van der Waals surface area contributed by atoms with Gasteiger partial charge in [-0.2, -0.15) is 0 Å². The van der Waals surface area contributed by atoms with Crippen molar-refractivity contribution >= 4 is 27.5 Å². The lowest BCUT2D eigenvalue weighted by Crippen LogP contribution is -2.12. The molecule has 1 aromatic rings. The van der Waals surface area contributed by atoms with Crippen LogP contribution in [0.3, 0.4) is 0 Å². The maximum atomic E-state index is 11.6. The minimum absolute atomic E-state index is 0.129. The van der Waals surface area contributed by atoms with Gasteiger partial charge in [-0.25, -0.2) is 0 Å². The zero-order valence-corrected chi connectivity index (χ0v) is 10.3. The molecular weight excluding hydrogens is 254 g/mol. The molecule has 1 saturated carbocycles. The van der Waals surface area contributed by atoms with E-state index in [2.05, 4.69) is 21.2 Å². The predicted molar refractivity (Wildman–Crippen MR) is 64.8 cm³/mol. The van der Waals surface area contributed by atoms with E-state index in [4.69, 9.17) is 0 Å². The Morgan fingerprint density at radius 3 is 2.93 bits per heavy atom. The highest BCUT2D eigenvalue weighted by molar-refractivity contribution is 9.10. The van der Waals surface area contributed by atoms with Gasteiger partial charge < -0.3 is 5.32 Å². The van der Waals surface area contributed by atoms with Gasteiger partial charge in [0.1, 0.15) is 0 Å². The molecular formula is C12H14BrNO. The van der Waals surface area contributed by atoms with E-state index < -0.39 is 0 Å². The molecule has 0 atom stereocenters. The van der Waals surface area contributed by atoms with Crippen LogP contribution in [0.15, 0.2) is 22.7 Å². The Morgan fingerprint density at radius 2 is 2.27 bits per heavy atom. The molecule has 2 rings (SSSR count). The van der Waals surface area contributed by atoms with Crippen LogP contribution in [-0.4, -0.2) is 5.91 Å². The van der Waals surface area contributed by atoms with Crippen LogP contribution in [-0.2, 0) is 4.79 Å². The first-order valence-corrected chi connectivity index (χ1v) is 6.01. The van der Waals surface area contributed by atoms with E-state index in [0.29, 0.717) is 12.3 Å². The van der Waals surface area contributed by atoms with Crippen LogP contribution in [0.2, 0.25) is 0 Å². The summed E-state index contributed by atoms with van der Waals surface area (Å²) in [7, 11) is 0. The molecule has 1 N–H and O–H groups in total. The first-order chi connectivity index (χ1) is 7.16. The summed E-state index contributed by atoms with van der Waals surface area (Å²) in [4.78, 5) is 11.6. The Balaban J connectivity index is 2.02. The number of carbonyl (C=O) groups is 1. The molecule has 0 bridgehead atoms. The fourth-order valence-electron chi connectivity index (χ4n) is 1.53. The van der Waals surface area contributed by atoms with Gasteiger partial charge in [0.25, 0.3) is 0 Å². The SMILES string of the molecule is Cc1cccc(NC(=O)CC2CC2)c1Br. The number of rotatable bonds is 3. The number of anilines is 1. The van der Waals surface area contributed by atoms with Gasteiger partial charge >= 0.3 is 0 Å². The van der Waals surface area contributed by atoms with Crippen LogP contribution in [0.5, 0.6) is 0 Å². The van der Waals surface area contributed by atoms with Gasteiger partial charge in [-0.05, 0) is 53.2 Å². The molecule has 0 aliphatic heterocycles. The monoisotopic (exact) mass is 267 g/mol. The quantitative estimate of drug-likeness (QED) is 0.893. The second-order valence-electron chi connectivity index (χ2n) is 4.13. The van der Waals surface area contributed by atoms with Crippen molar-refractivity contribution in [2.45, 2.75) is 26.2 Å². The number of nitrogens with one attached hydrogen (secondary N) is 1. The van der Waals surface area contributed by atoms with E-state index in [1.165, 1.54) is 12.8 Å². The first-order valence-electron chi connectivity index (χ1n) is 5.22. The van der Waals surface area contributed by atoms with Gasteiger partial charge in [-0.1, -0.05) is 12.1 Å². The number of carbonyl (C=O) groups excluding carboxylic acids is 1. The van der Waals surface area contributed by atoms with Crippen molar-refractivity contribution in [3.63, 3.8) is 0 Å². The third-order valence-corrected chi connectivity index (χ3v) is 3.69. The summed E-state index contributed by atoms with van der Waals surface area (Å²) in [5.74, 6) is 0.761. The number of aryl methyl sites for hydroxylation is 1. The minimum atomic E-state index is 0.129. The van der Waals surface area contributed by atoms with Gasteiger partial charge in [0.15, 0.2) is 0 Å². The van der Waals surface area contributed by atoms with Crippen molar-refractivity contribution in [1.82, 2.24) is 0 Å². The van der Waals surface area contributed by atoms with Gasteiger partial charge in [0, 0.05) is 10.9 Å². The zero-order chi connectivity index (χ0) is 10.8. The van der Waals surface area contributed by atoms with E-state index in [0.717, 1.165) is 15.7 Å². The number of hydrogen-bond acceptors (Lipinski definition) is 1. The third-order valence-electron chi connectivity index (χ3n) is 2.64.